The van der Waals surface area contributed by atoms with Crippen LogP contribution in [-0.4, -0.2) is 17.0 Å². The third-order valence-corrected chi connectivity index (χ3v) is 3.36. The lowest BCUT2D eigenvalue weighted by molar-refractivity contribution is 0.100. The van der Waals surface area contributed by atoms with Crippen molar-refractivity contribution in [2.75, 3.05) is 0 Å². The van der Waals surface area contributed by atoms with Gasteiger partial charge >= 0.3 is 0 Å². The van der Waals surface area contributed by atoms with Crippen molar-refractivity contribution in [1.29, 1.82) is 5.26 Å². The Morgan fingerprint density at radius 1 is 1.33 bits per heavy atom. The number of phenolic OH excluding ortho intramolecular Hbond substituents is 1. The van der Waals surface area contributed by atoms with Gasteiger partial charge in [0, 0.05) is 5.56 Å². The smallest absolute Gasteiger partial charge is 0.283 e. The molecule has 0 saturated carbocycles. The van der Waals surface area contributed by atoms with Crippen molar-refractivity contribution in [3.05, 3.63) is 58.4 Å². The molecule has 0 atom stereocenters. The topological polar surface area (TPSA) is 130 Å². The van der Waals surface area contributed by atoms with E-state index in [4.69, 9.17) is 23.3 Å². The first kappa shape index (κ1) is 16.5. The van der Waals surface area contributed by atoms with Crippen molar-refractivity contribution in [2.24, 2.45) is 16.5 Å². The van der Waals surface area contributed by atoms with Gasteiger partial charge in [-0.1, -0.05) is 12.1 Å². The van der Waals surface area contributed by atoms with Gasteiger partial charge in [-0.15, -0.1) is 0 Å². The van der Waals surface area contributed by atoms with E-state index in [1.165, 1.54) is 12.1 Å². The van der Waals surface area contributed by atoms with Gasteiger partial charge in [-0.2, -0.15) is 10.3 Å². The van der Waals surface area contributed by atoms with E-state index in [9.17, 15) is 9.90 Å². The number of carbonyl (C=O) groups is 1. The number of amides is 1. The van der Waals surface area contributed by atoms with Crippen LogP contribution in [0.4, 0.5) is 5.69 Å². The predicted octanol–water partition coefficient (Wildman–Crippen LogP) is 2.20. The van der Waals surface area contributed by atoms with Crippen LogP contribution in [0.25, 0.3) is 16.0 Å². The molecule has 0 aliphatic heterocycles. The van der Waals surface area contributed by atoms with Crippen LogP contribution in [0, 0.1) is 24.8 Å². The first-order chi connectivity index (χ1) is 11.4. The molecule has 7 heteroatoms. The second-order valence-electron chi connectivity index (χ2n) is 4.95. The van der Waals surface area contributed by atoms with E-state index >= 15 is 0 Å². The lowest BCUT2D eigenvalue weighted by atomic mass is 9.92. The standard InChI is InChI=1S/C17H13N5O2/c1-9-3-4-10(8-18)7-11(9)14-12(21-2)5-6-13(23)15(14)16(24)22-17(19)20/h3-7,23H,1H3,(H4,19,20,22,24). The van der Waals surface area contributed by atoms with Crippen molar-refractivity contribution < 1.29 is 9.90 Å². The van der Waals surface area contributed by atoms with Crippen LogP contribution in [-0.2, 0) is 0 Å². The normalized spacial score (nSPS) is 9.62. The Labute approximate surface area is 138 Å². The Balaban J connectivity index is 2.90. The maximum absolute atomic E-state index is 12.3. The van der Waals surface area contributed by atoms with E-state index in [2.05, 4.69) is 9.84 Å². The Hall–Kier alpha value is -3.84. The van der Waals surface area contributed by atoms with Gasteiger partial charge in [-0.3, -0.25) is 4.79 Å². The van der Waals surface area contributed by atoms with E-state index in [1.54, 1.807) is 25.1 Å². The first-order valence-corrected chi connectivity index (χ1v) is 6.77. The summed E-state index contributed by atoms with van der Waals surface area (Å²) in [6.45, 7) is 9.10. The fourth-order valence-corrected chi connectivity index (χ4v) is 2.30. The van der Waals surface area contributed by atoms with E-state index in [1.807, 2.05) is 6.07 Å². The molecular weight excluding hydrogens is 306 g/mol. The molecule has 24 heavy (non-hydrogen) atoms. The minimum atomic E-state index is -0.866. The van der Waals surface area contributed by atoms with Crippen LogP contribution in [0.3, 0.4) is 0 Å². The molecule has 0 fully saturated rings. The summed E-state index contributed by atoms with van der Waals surface area (Å²) in [5, 5.41) is 19.2. The Kier molecular flexibility index (Phi) is 4.48. The minimum absolute atomic E-state index is 0.139. The third-order valence-electron chi connectivity index (χ3n) is 3.36. The van der Waals surface area contributed by atoms with Gasteiger partial charge in [0.2, 0.25) is 0 Å². The molecule has 0 heterocycles. The number of aromatic hydroxyl groups is 1. The molecule has 0 spiro atoms. The monoisotopic (exact) mass is 319 g/mol. The molecule has 0 radical (unpaired) electrons. The SMILES string of the molecule is [C-]#[N+]c1ccc(O)c(C(=O)N=C(N)N)c1-c1cc(C#N)ccc1C. The number of aliphatic imine (C=N–C) groups is 1. The Bertz CT molecular complexity index is 945. The Morgan fingerprint density at radius 3 is 2.62 bits per heavy atom. The lowest BCUT2D eigenvalue weighted by Gasteiger charge is -2.14. The molecule has 0 aromatic heterocycles. The molecule has 118 valence electrons. The summed E-state index contributed by atoms with van der Waals surface area (Å²) < 4.78 is 0. The number of rotatable bonds is 2. The highest BCUT2D eigenvalue weighted by atomic mass is 16.3. The second kappa shape index (κ2) is 6.51. The molecule has 7 nitrogen and oxygen atoms in total. The molecule has 0 aliphatic carbocycles. The molecule has 1 amide bonds. The number of aryl methyl sites for hydroxylation is 1. The summed E-state index contributed by atoms with van der Waals surface area (Å²) in [6, 6.07) is 9.49. The highest BCUT2D eigenvalue weighted by Gasteiger charge is 2.22. The van der Waals surface area contributed by atoms with Crippen molar-refractivity contribution in [2.45, 2.75) is 6.92 Å². The molecule has 5 N–H and O–H groups in total. The summed E-state index contributed by atoms with van der Waals surface area (Å²) in [7, 11) is 0. The summed E-state index contributed by atoms with van der Waals surface area (Å²) in [6.07, 6.45) is 0. The average Bonchev–Trinajstić information content (AvgIpc) is 2.54. The zero-order valence-corrected chi connectivity index (χ0v) is 12.7. The van der Waals surface area contributed by atoms with Gasteiger partial charge in [0.25, 0.3) is 5.91 Å². The summed E-state index contributed by atoms with van der Waals surface area (Å²) in [5.74, 6) is -1.68. The maximum atomic E-state index is 12.3. The molecular formula is C17H13N5O2. The minimum Gasteiger partial charge on any atom is -0.507 e. The Morgan fingerprint density at radius 2 is 2.04 bits per heavy atom. The highest BCUT2D eigenvalue weighted by molar-refractivity contribution is 6.10. The van der Waals surface area contributed by atoms with E-state index in [0.29, 0.717) is 11.1 Å². The summed E-state index contributed by atoms with van der Waals surface area (Å²) >= 11 is 0. The van der Waals surface area contributed by atoms with Crippen molar-refractivity contribution in [1.82, 2.24) is 0 Å². The van der Waals surface area contributed by atoms with Crippen molar-refractivity contribution >= 4 is 17.6 Å². The second-order valence-corrected chi connectivity index (χ2v) is 4.95. The largest absolute Gasteiger partial charge is 0.507 e. The summed E-state index contributed by atoms with van der Waals surface area (Å²) in [4.78, 5) is 19.2. The van der Waals surface area contributed by atoms with Crippen LogP contribution in [0.2, 0.25) is 0 Å². The van der Waals surface area contributed by atoms with Crippen LogP contribution in [0.1, 0.15) is 21.5 Å². The number of carbonyl (C=O) groups excluding carboxylic acids is 1. The number of hydrogen-bond acceptors (Lipinski definition) is 3. The first-order valence-electron chi connectivity index (χ1n) is 6.77. The zero-order chi connectivity index (χ0) is 17.9. The quantitative estimate of drug-likeness (QED) is 0.444. The number of phenols is 1. The van der Waals surface area contributed by atoms with Gasteiger partial charge in [-0.05, 0) is 36.2 Å². The van der Waals surface area contributed by atoms with Crippen LogP contribution >= 0.6 is 0 Å². The predicted molar refractivity (Wildman–Crippen MR) is 89.4 cm³/mol. The molecule has 0 unspecified atom stereocenters. The number of hydrogen-bond donors (Lipinski definition) is 3. The molecule has 2 aromatic carbocycles. The number of guanidine groups is 1. The number of nitrogens with zero attached hydrogens (tertiary/aromatic N) is 3. The van der Waals surface area contributed by atoms with Crippen LogP contribution in [0.15, 0.2) is 35.3 Å². The highest BCUT2D eigenvalue weighted by Crippen LogP contribution is 2.40. The van der Waals surface area contributed by atoms with E-state index < -0.39 is 11.9 Å². The third kappa shape index (κ3) is 3.01. The number of benzene rings is 2. The summed E-state index contributed by atoms with van der Waals surface area (Å²) in [5.41, 5.74) is 12.2. The average molecular weight is 319 g/mol. The molecule has 0 aliphatic rings. The van der Waals surface area contributed by atoms with Crippen LogP contribution < -0.4 is 11.5 Å². The molecule has 2 aromatic rings. The van der Waals surface area contributed by atoms with Gasteiger partial charge < -0.3 is 16.6 Å². The fourth-order valence-electron chi connectivity index (χ4n) is 2.30. The molecule has 0 bridgehead atoms. The molecule has 0 saturated heterocycles. The van der Waals surface area contributed by atoms with Crippen molar-refractivity contribution in [3.8, 4) is 22.9 Å². The van der Waals surface area contributed by atoms with Gasteiger partial charge in [0.15, 0.2) is 11.6 Å². The fraction of sp³-hybridized carbons (Fsp3) is 0.0588. The van der Waals surface area contributed by atoms with E-state index in [-0.39, 0.29) is 22.6 Å². The van der Waals surface area contributed by atoms with Crippen LogP contribution in [0.5, 0.6) is 5.75 Å². The zero-order valence-electron chi connectivity index (χ0n) is 12.7. The van der Waals surface area contributed by atoms with Crippen molar-refractivity contribution in [3.63, 3.8) is 0 Å². The van der Waals surface area contributed by atoms with E-state index in [0.717, 1.165) is 5.56 Å². The van der Waals surface area contributed by atoms with Gasteiger partial charge in [0.1, 0.15) is 5.75 Å². The maximum Gasteiger partial charge on any atom is 0.283 e. The number of nitrogens with two attached hydrogens (primary N) is 2. The lowest BCUT2D eigenvalue weighted by Crippen LogP contribution is -2.24. The molecule has 2 rings (SSSR count). The number of nitriles is 1. The van der Waals surface area contributed by atoms with Gasteiger partial charge in [-0.25, -0.2) is 4.85 Å². The van der Waals surface area contributed by atoms with Gasteiger partial charge in [0.05, 0.1) is 23.8 Å².